The highest BCUT2D eigenvalue weighted by Gasteiger charge is 1.82. The van der Waals surface area contributed by atoms with Crippen LogP contribution in [0.2, 0.25) is 0 Å². The molecule has 5 heavy (non-hydrogen) atoms. The van der Waals surface area contributed by atoms with Crippen LogP contribution in [0.25, 0.3) is 0 Å². The highest BCUT2D eigenvalue weighted by molar-refractivity contribution is 14.2. The Hall–Kier alpha value is 2.00. The number of hydrogen-bond donors (Lipinski definition) is 1. The van der Waals surface area contributed by atoms with Crippen molar-refractivity contribution in [1.82, 2.24) is 0 Å². The van der Waals surface area contributed by atoms with Gasteiger partial charge in [-0.15, -0.1) is 20.4 Å². The Kier molecular flexibility index (Phi) is 5.84. The van der Waals surface area contributed by atoms with Gasteiger partial charge in [-0.25, -0.2) is 0 Å². The monoisotopic (exact) mass is 236 g/mol. The van der Waals surface area contributed by atoms with Crippen LogP contribution in [0.5, 0.6) is 0 Å². The first-order valence-corrected chi connectivity index (χ1v) is 8.71. The molecular formula is H4BIP2S. The second-order valence-electron chi connectivity index (χ2n) is 0.484. The van der Waals surface area contributed by atoms with E-state index < -0.39 is 0 Å². The summed E-state index contributed by atoms with van der Waals surface area (Å²) in [5.74, 6) is 0. The molecule has 0 N–H and O–H groups in total. The lowest BCUT2D eigenvalue weighted by Crippen LogP contribution is -1.23. The fourth-order valence-electron chi connectivity index (χ4n) is 0. The highest BCUT2D eigenvalue weighted by atomic mass is 127. The first-order chi connectivity index (χ1) is 2.27. The van der Waals surface area contributed by atoms with Gasteiger partial charge in [-0.1, -0.05) is 0 Å². The van der Waals surface area contributed by atoms with Crippen molar-refractivity contribution >= 4 is 54.5 Å². The lowest BCUT2D eigenvalue weighted by molar-refractivity contribution is 4.97. The van der Waals surface area contributed by atoms with Crippen LogP contribution in [0.15, 0.2) is 0 Å². The van der Waals surface area contributed by atoms with Crippen molar-refractivity contribution in [3.05, 3.63) is 0 Å². The van der Waals surface area contributed by atoms with Crippen molar-refractivity contribution in [1.29, 1.82) is 0 Å². The molecule has 0 aliphatic rings. The van der Waals surface area contributed by atoms with E-state index in [1.165, 1.54) is 0 Å². The van der Waals surface area contributed by atoms with E-state index in [4.69, 9.17) is 0 Å². The number of thiol groups is 1. The lowest BCUT2D eigenvalue weighted by atomic mass is 10.8. The molecule has 0 aromatic carbocycles. The third-order valence-electron chi connectivity index (χ3n) is 0.185. The Bertz CT molecular complexity index is 23.6. The van der Waals surface area contributed by atoms with E-state index in [-0.39, 0.29) is 4.45 Å². The molecule has 0 nitrogen and oxygen atoms in total. The lowest BCUT2D eigenvalue weighted by Gasteiger charge is -1.88. The Morgan fingerprint density at radius 1 is 2.00 bits per heavy atom. The van der Waals surface area contributed by atoms with Crippen molar-refractivity contribution in [3.8, 4) is 0 Å². The number of rotatable bonds is 1. The van der Waals surface area contributed by atoms with Gasteiger partial charge in [0.1, 0.15) is 7.57 Å². The van der Waals surface area contributed by atoms with E-state index in [0.717, 1.165) is 8.15 Å². The average molecular weight is 236 g/mol. The van der Waals surface area contributed by atoms with E-state index in [2.05, 4.69) is 41.9 Å². The highest BCUT2D eigenvalue weighted by Crippen LogP contribution is 2.63. The van der Waals surface area contributed by atoms with Crippen LogP contribution in [-0.2, 0) is 0 Å². The summed E-state index contributed by atoms with van der Waals surface area (Å²) in [6, 6.07) is 0. The summed E-state index contributed by atoms with van der Waals surface area (Å²) in [6.07, 6.45) is 0. The van der Waals surface area contributed by atoms with Gasteiger partial charge in [0.15, 0.2) is 0 Å². The predicted molar refractivity (Wildman–Crippen MR) is 46.8 cm³/mol. The molecule has 0 aromatic heterocycles. The van der Waals surface area contributed by atoms with E-state index in [0.29, 0.717) is 0 Å². The Morgan fingerprint density at radius 2 is 2.20 bits per heavy atom. The zero-order chi connectivity index (χ0) is 4.28. The Balaban J connectivity index is 2.54. The summed E-state index contributed by atoms with van der Waals surface area (Å²) >= 11 is 6.51. The SMILES string of the molecule is BPP(S)I. The molecule has 5 heteroatoms. The van der Waals surface area contributed by atoms with Crippen molar-refractivity contribution in [2.24, 2.45) is 0 Å². The molecule has 0 aromatic rings. The summed E-state index contributed by atoms with van der Waals surface area (Å²) in [7, 11) is 3.20. The zero-order valence-electron chi connectivity index (χ0n) is 2.77. The first-order valence-electron chi connectivity index (χ1n) is 1.09. The fraction of sp³-hybridized carbons (Fsp3) is 0. The van der Waals surface area contributed by atoms with E-state index in [1.54, 1.807) is 0 Å². The Labute approximate surface area is 54.3 Å². The van der Waals surface area contributed by atoms with Gasteiger partial charge in [-0.2, -0.15) is 0 Å². The quantitative estimate of drug-likeness (QED) is 0.305. The molecule has 30 valence electrons. The van der Waals surface area contributed by atoms with Crippen molar-refractivity contribution in [3.63, 3.8) is 0 Å². The van der Waals surface area contributed by atoms with E-state index in [1.807, 2.05) is 0 Å². The van der Waals surface area contributed by atoms with Crippen LogP contribution in [0.4, 0.5) is 0 Å². The van der Waals surface area contributed by atoms with Crippen LogP contribution in [0, 0.1) is 0 Å². The molecule has 0 spiro atoms. The molecule has 0 aliphatic carbocycles. The summed E-state index contributed by atoms with van der Waals surface area (Å²) in [5, 5.41) is 0. The van der Waals surface area contributed by atoms with Crippen LogP contribution in [0.1, 0.15) is 0 Å². The van der Waals surface area contributed by atoms with Crippen molar-refractivity contribution in [2.45, 2.75) is 0 Å². The second-order valence-corrected chi connectivity index (χ2v) is 14.4. The summed E-state index contributed by atoms with van der Waals surface area (Å²) in [6.45, 7) is 0. The summed E-state index contributed by atoms with van der Waals surface area (Å²) < 4.78 is 0.0940. The zero-order valence-corrected chi connectivity index (χ0v) is 7.72. The molecule has 0 radical (unpaired) electrons. The first kappa shape index (κ1) is 7.00. The molecule has 0 saturated heterocycles. The maximum Gasteiger partial charge on any atom is 0.137 e. The maximum absolute atomic E-state index is 4.16. The molecule has 0 amide bonds. The van der Waals surface area contributed by atoms with Crippen molar-refractivity contribution < 1.29 is 0 Å². The van der Waals surface area contributed by atoms with Gasteiger partial charge >= 0.3 is 0 Å². The van der Waals surface area contributed by atoms with Gasteiger partial charge < -0.3 is 0 Å². The minimum Gasteiger partial charge on any atom is -0.137 e. The van der Waals surface area contributed by atoms with Crippen LogP contribution in [-0.4, -0.2) is 7.57 Å². The topological polar surface area (TPSA) is 0 Å². The van der Waals surface area contributed by atoms with Crippen LogP contribution >= 0.6 is 46.9 Å². The molecule has 0 rings (SSSR count). The largest absolute Gasteiger partial charge is 0.137 e. The fourth-order valence-corrected chi connectivity index (χ4v) is 0. The molecule has 2 unspecified atom stereocenters. The molecule has 2 atom stereocenters. The molecule has 0 fully saturated rings. The van der Waals surface area contributed by atoms with E-state index in [9.17, 15) is 0 Å². The predicted octanol–water partition coefficient (Wildman–Crippen LogP) is 1.80. The Morgan fingerprint density at radius 3 is 2.20 bits per heavy atom. The van der Waals surface area contributed by atoms with Gasteiger partial charge in [0.2, 0.25) is 0 Å². The third kappa shape index (κ3) is 6.00. The average Bonchev–Trinajstić information content (AvgIpc) is 1.38. The number of halogens is 1. The summed E-state index contributed by atoms with van der Waals surface area (Å²) in [4.78, 5) is 0. The standard InChI is InChI=1S/BH4IP2S/c1-3-4(2)5/h3,5H,1H2. The molecule has 0 aliphatic heterocycles. The molecule has 0 heterocycles. The minimum absolute atomic E-state index is 0.0940. The van der Waals surface area contributed by atoms with Gasteiger partial charge in [0.05, 0.1) is 0 Å². The molecular weight excluding hydrogens is 232 g/mol. The summed E-state index contributed by atoms with van der Waals surface area (Å²) in [5.41, 5.74) is 0. The molecule has 0 saturated carbocycles. The van der Waals surface area contributed by atoms with Gasteiger partial charge in [-0.3, -0.25) is 0 Å². The van der Waals surface area contributed by atoms with Gasteiger partial charge in [0.25, 0.3) is 0 Å². The normalized spacial score (nSPS) is 17.2. The van der Waals surface area contributed by atoms with Gasteiger partial charge in [-0.05, 0) is 22.0 Å². The maximum atomic E-state index is 4.16. The van der Waals surface area contributed by atoms with E-state index >= 15 is 0 Å². The molecule has 0 bridgehead atoms. The smallest absolute Gasteiger partial charge is 0.137 e. The minimum atomic E-state index is 0.0940. The van der Waals surface area contributed by atoms with Gasteiger partial charge in [0, 0.05) is 4.45 Å². The second kappa shape index (κ2) is 4.17. The van der Waals surface area contributed by atoms with Crippen LogP contribution < -0.4 is 0 Å². The third-order valence-corrected chi connectivity index (χ3v) is 7.80. The van der Waals surface area contributed by atoms with Crippen LogP contribution in [0.3, 0.4) is 0 Å². The number of hydrogen-bond acceptors (Lipinski definition) is 1. The van der Waals surface area contributed by atoms with Crippen molar-refractivity contribution in [2.75, 3.05) is 0 Å².